The average molecular weight is 519 g/mol. The lowest BCUT2D eigenvalue weighted by molar-refractivity contribution is 0.00695. The number of rotatable bonds is 4. The van der Waals surface area contributed by atoms with Crippen LogP contribution in [-0.2, 0) is 21.3 Å². The van der Waals surface area contributed by atoms with E-state index in [1.165, 1.54) is 29.4 Å². The summed E-state index contributed by atoms with van der Waals surface area (Å²) in [5.41, 5.74) is 2.02. The second kappa shape index (κ2) is 8.74. The standard InChI is InChI=1S/C27H26N4O5S/c1-27(2,3)36-25(32)18-10-12-19(13-11-18)30-17-22-21-14-15-31(37(34,35)20-8-6-5-7-9-20)24(21)28-16-23(22)29(4)26(30)33/h5-16H,17H2,1-4H3. The van der Waals surface area contributed by atoms with E-state index in [4.69, 9.17) is 4.74 Å². The topological polar surface area (TPSA) is 102 Å². The molecule has 0 bridgehead atoms. The van der Waals surface area contributed by atoms with Gasteiger partial charge in [0.25, 0.3) is 10.0 Å². The quantitative estimate of drug-likeness (QED) is 0.360. The molecular weight excluding hydrogens is 492 g/mol. The monoisotopic (exact) mass is 518 g/mol. The zero-order chi connectivity index (χ0) is 26.5. The molecule has 1 aliphatic heterocycles. The van der Waals surface area contributed by atoms with E-state index >= 15 is 0 Å². The Morgan fingerprint density at radius 2 is 1.68 bits per heavy atom. The van der Waals surface area contributed by atoms with Gasteiger partial charge in [0.15, 0.2) is 5.65 Å². The summed E-state index contributed by atoms with van der Waals surface area (Å²) in [6.45, 7) is 5.60. The fraction of sp³-hybridized carbons (Fsp3) is 0.222. The van der Waals surface area contributed by atoms with Crippen LogP contribution in [0.1, 0.15) is 36.7 Å². The second-order valence-corrected chi connectivity index (χ2v) is 11.6. The van der Waals surface area contributed by atoms with Crippen LogP contribution in [-0.4, -0.2) is 42.0 Å². The number of carbonyl (C=O) groups excluding carboxylic acids is 2. The third-order valence-electron chi connectivity index (χ3n) is 6.08. The lowest BCUT2D eigenvalue weighted by Crippen LogP contribution is -2.45. The molecule has 1 aliphatic rings. The highest BCUT2D eigenvalue weighted by Crippen LogP contribution is 2.36. The van der Waals surface area contributed by atoms with E-state index in [-0.39, 0.29) is 23.1 Å². The molecule has 0 radical (unpaired) electrons. The van der Waals surface area contributed by atoms with Gasteiger partial charge in [0.05, 0.1) is 28.9 Å². The van der Waals surface area contributed by atoms with Gasteiger partial charge < -0.3 is 4.74 Å². The number of urea groups is 1. The van der Waals surface area contributed by atoms with Gasteiger partial charge in [0.1, 0.15) is 5.60 Å². The van der Waals surface area contributed by atoms with Crippen molar-refractivity contribution in [1.29, 1.82) is 0 Å². The highest BCUT2D eigenvalue weighted by Gasteiger charge is 2.32. The minimum Gasteiger partial charge on any atom is -0.456 e. The van der Waals surface area contributed by atoms with Gasteiger partial charge in [-0.25, -0.2) is 27.0 Å². The van der Waals surface area contributed by atoms with Crippen molar-refractivity contribution >= 4 is 44.4 Å². The number of esters is 1. The van der Waals surface area contributed by atoms with Crippen molar-refractivity contribution in [2.45, 2.75) is 37.8 Å². The molecule has 0 saturated heterocycles. The number of fused-ring (bicyclic) bond motifs is 3. The Balaban J connectivity index is 1.52. The Labute approximate surface area is 214 Å². The molecule has 0 saturated carbocycles. The number of hydrogen-bond acceptors (Lipinski definition) is 6. The molecule has 2 amide bonds. The number of ether oxygens (including phenoxy) is 1. The van der Waals surface area contributed by atoms with Crippen molar-refractivity contribution in [3.05, 3.63) is 84.2 Å². The smallest absolute Gasteiger partial charge is 0.338 e. The van der Waals surface area contributed by atoms with Crippen LogP contribution in [0.25, 0.3) is 11.0 Å². The van der Waals surface area contributed by atoms with Gasteiger partial charge in [-0.05, 0) is 63.2 Å². The van der Waals surface area contributed by atoms with E-state index in [1.54, 1.807) is 81.2 Å². The first-order chi connectivity index (χ1) is 17.5. The van der Waals surface area contributed by atoms with Crippen LogP contribution in [0.15, 0.2) is 78.0 Å². The van der Waals surface area contributed by atoms with Gasteiger partial charge in [0.2, 0.25) is 0 Å². The summed E-state index contributed by atoms with van der Waals surface area (Å²) in [6, 6.07) is 16.2. The van der Waals surface area contributed by atoms with Gasteiger partial charge in [-0.1, -0.05) is 18.2 Å². The summed E-state index contributed by atoms with van der Waals surface area (Å²) in [5, 5.41) is 0.631. The van der Waals surface area contributed by atoms with Crippen LogP contribution in [0.2, 0.25) is 0 Å². The highest BCUT2D eigenvalue weighted by molar-refractivity contribution is 7.90. The molecule has 10 heteroatoms. The zero-order valence-corrected chi connectivity index (χ0v) is 21.7. The van der Waals surface area contributed by atoms with Crippen LogP contribution >= 0.6 is 0 Å². The molecule has 5 rings (SSSR count). The molecule has 3 heterocycles. The Bertz CT molecular complexity index is 1620. The van der Waals surface area contributed by atoms with E-state index in [0.717, 1.165) is 9.54 Å². The fourth-order valence-electron chi connectivity index (χ4n) is 4.29. The molecule has 4 aromatic rings. The molecule has 0 atom stereocenters. The molecule has 0 unspecified atom stereocenters. The molecule has 0 spiro atoms. The first kappa shape index (κ1) is 24.5. The van der Waals surface area contributed by atoms with Crippen LogP contribution < -0.4 is 9.80 Å². The fourth-order valence-corrected chi connectivity index (χ4v) is 5.61. The maximum absolute atomic E-state index is 13.3. The third-order valence-corrected chi connectivity index (χ3v) is 7.76. The predicted octanol–water partition coefficient (Wildman–Crippen LogP) is 4.81. The maximum atomic E-state index is 13.3. The van der Waals surface area contributed by atoms with Crippen molar-refractivity contribution in [2.24, 2.45) is 0 Å². The number of amides is 2. The number of benzene rings is 2. The summed E-state index contributed by atoms with van der Waals surface area (Å²) < 4.78 is 33.1. The van der Waals surface area contributed by atoms with Crippen LogP contribution in [0, 0.1) is 0 Å². The van der Waals surface area contributed by atoms with Crippen LogP contribution in [0.4, 0.5) is 16.2 Å². The van der Waals surface area contributed by atoms with Gasteiger partial charge in [0, 0.05) is 29.9 Å². The molecule has 9 nitrogen and oxygen atoms in total. The van der Waals surface area contributed by atoms with E-state index in [9.17, 15) is 18.0 Å². The molecule has 2 aromatic heterocycles. The molecule has 2 aromatic carbocycles. The average Bonchev–Trinajstić information content (AvgIpc) is 3.31. The molecule has 0 N–H and O–H groups in total. The largest absolute Gasteiger partial charge is 0.456 e. The minimum atomic E-state index is -3.85. The maximum Gasteiger partial charge on any atom is 0.338 e. The Hall–Kier alpha value is -4.18. The SMILES string of the molecule is CN1C(=O)N(c2ccc(C(=O)OC(C)(C)C)cc2)Cc2c1cnc1c2ccn1S(=O)(=O)c1ccccc1. The number of anilines is 2. The summed E-state index contributed by atoms with van der Waals surface area (Å²) >= 11 is 0. The lowest BCUT2D eigenvalue weighted by atomic mass is 10.1. The van der Waals surface area contributed by atoms with E-state index in [2.05, 4.69) is 4.98 Å². The van der Waals surface area contributed by atoms with Crippen molar-refractivity contribution in [1.82, 2.24) is 8.96 Å². The molecule has 190 valence electrons. The van der Waals surface area contributed by atoms with Crippen LogP contribution in [0.3, 0.4) is 0 Å². The summed E-state index contributed by atoms with van der Waals surface area (Å²) in [4.78, 5) is 33.2. The second-order valence-electron chi connectivity index (χ2n) is 9.77. The molecule has 37 heavy (non-hydrogen) atoms. The van der Waals surface area contributed by atoms with Gasteiger partial charge >= 0.3 is 12.0 Å². The molecular formula is C27H26N4O5S. The first-order valence-electron chi connectivity index (χ1n) is 11.7. The van der Waals surface area contributed by atoms with Crippen molar-refractivity contribution < 1.29 is 22.7 Å². The Kier molecular flexibility index (Phi) is 5.79. The first-order valence-corrected chi connectivity index (χ1v) is 13.1. The molecule has 0 aliphatic carbocycles. The number of pyridine rings is 1. The van der Waals surface area contributed by atoms with E-state index in [0.29, 0.717) is 22.3 Å². The number of hydrogen-bond donors (Lipinski definition) is 0. The summed E-state index contributed by atoms with van der Waals surface area (Å²) in [6.07, 6.45) is 3.01. The highest BCUT2D eigenvalue weighted by atomic mass is 32.2. The van der Waals surface area contributed by atoms with E-state index < -0.39 is 21.6 Å². The normalized spacial score (nSPS) is 14.1. The predicted molar refractivity (Wildman–Crippen MR) is 140 cm³/mol. The third kappa shape index (κ3) is 4.33. The van der Waals surface area contributed by atoms with E-state index in [1.807, 2.05) is 0 Å². The Morgan fingerprint density at radius 3 is 2.32 bits per heavy atom. The Morgan fingerprint density at radius 1 is 1.00 bits per heavy atom. The van der Waals surface area contributed by atoms with Crippen molar-refractivity contribution in [3.8, 4) is 0 Å². The minimum absolute atomic E-state index is 0.158. The van der Waals surface area contributed by atoms with Crippen LogP contribution in [0.5, 0.6) is 0 Å². The summed E-state index contributed by atoms with van der Waals surface area (Å²) in [7, 11) is -2.20. The van der Waals surface area contributed by atoms with Gasteiger partial charge in [-0.2, -0.15) is 0 Å². The molecule has 0 fully saturated rings. The van der Waals surface area contributed by atoms with Crippen molar-refractivity contribution in [2.75, 3.05) is 16.8 Å². The lowest BCUT2D eigenvalue weighted by Gasteiger charge is -2.35. The van der Waals surface area contributed by atoms with Gasteiger partial charge in [-0.15, -0.1) is 0 Å². The number of nitrogens with zero attached hydrogens (tertiary/aromatic N) is 4. The number of carbonyl (C=O) groups is 2. The number of aromatic nitrogens is 2. The summed E-state index contributed by atoms with van der Waals surface area (Å²) in [5.74, 6) is -0.444. The van der Waals surface area contributed by atoms with Crippen molar-refractivity contribution in [3.63, 3.8) is 0 Å². The zero-order valence-electron chi connectivity index (χ0n) is 20.9. The van der Waals surface area contributed by atoms with Gasteiger partial charge in [-0.3, -0.25) is 9.80 Å².